The Morgan fingerprint density at radius 2 is 2.36 bits per heavy atom. The Morgan fingerprint density at radius 3 is 3.00 bits per heavy atom. The van der Waals surface area contributed by atoms with Gasteiger partial charge in [-0.3, -0.25) is 0 Å². The molecule has 0 aliphatic carbocycles. The minimum atomic E-state index is -0.911. The molecule has 0 spiro atoms. The van der Waals surface area contributed by atoms with Gasteiger partial charge >= 0.3 is 5.97 Å². The molecule has 1 heterocycles. The van der Waals surface area contributed by atoms with Crippen LogP contribution in [0.15, 0.2) is 23.4 Å². The summed E-state index contributed by atoms with van der Waals surface area (Å²) < 4.78 is 0. The summed E-state index contributed by atoms with van der Waals surface area (Å²) in [6.45, 7) is 0. The Bertz CT molecular complexity index is 493. The molecule has 4 nitrogen and oxygen atoms in total. The van der Waals surface area contributed by atoms with Crippen LogP contribution in [0.1, 0.15) is 10.4 Å². The van der Waals surface area contributed by atoms with Gasteiger partial charge in [-0.2, -0.15) is 0 Å². The van der Waals surface area contributed by atoms with Crippen molar-refractivity contribution in [3.63, 3.8) is 0 Å². The summed E-state index contributed by atoms with van der Waals surface area (Å²) in [5.41, 5.74) is 1.86. The topological polar surface area (TPSA) is 66.0 Å². The number of aromatic carboxylic acids is 1. The van der Waals surface area contributed by atoms with Crippen molar-refractivity contribution >= 4 is 28.8 Å². The fourth-order valence-corrected chi connectivity index (χ4v) is 1.89. The zero-order valence-corrected chi connectivity index (χ0v) is 8.26. The van der Waals surface area contributed by atoms with E-state index in [0.717, 1.165) is 15.9 Å². The number of aromatic nitrogens is 2. The lowest BCUT2D eigenvalue weighted by atomic mass is 10.2. The lowest BCUT2D eigenvalue weighted by Gasteiger charge is -2.01. The summed E-state index contributed by atoms with van der Waals surface area (Å²) in [6, 6.07) is 3.39. The Balaban J connectivity index is 2.72. The van der Waals surface area contributed by atoms with Crippen LogP contribution < -0.4 is 0 Å². The van der Waals surface area contributed by atoms with E-state index in [1.54, 1.807) is 18.5 Å². The molecular formula is C9H8N2O2S. The monoisotopic (exact) mass is 208 g/mol. The van der Waals surface area contributed by atoms with E-state index in [0.29, 0.717) is 5.56 Å². The number of aromatic amines is 1. The summed E-state index contributed by atoms with van der Waals surface area (Å²) in [6.07, 6.45) is 3.40. The highest BCUT2D eigenvalue weighted by atomic mass is 32.2. The molecule has 14 heavy (non-hydrogen) atoms. The molecule has 1 aromatic heterocycles. The van der Waals surface area contributed by atoms with Crippen molar-refractivity contribution in [1.82, 2.24) is 9.97 Å². The van der Waals surface area contributed by atoms with Crippen molar-refractivity contribution < 1.29 is 9.90 Å². The van der Waals surface area contributed by atoms with Crippen molar-refractivity contribution in [3.8, 4) is 0 Å². The Kier molecular flexibility index (Phi) is 2.17. The molecule has 2 aromatic rings. The molecule has 0 saturated heterocycles. The first-order valence-electron chi connectivity index (χ1n) is 3.97. The van der Waals surface area contributed by atoms with E-state index in [-0.39, 0.29) is 0 Å². The van der Waals surface area contributed by atoms with Crippen LogP contribution in [0, 0.1) is 0 Å². The molecular weight excluding hydrogens is 200 g/mol. The van der Waals surface area contributed by atoms with Gasteiger partial charge in [0.25, 0.3) is 0 Å². The fraction of sp³-hybridized carbons (Fsp3) is 0.111. The molecule has 0 aliphatic heterocycles. The number of carboxylic acid groups (broad SMARTS) is 1. The Labute approximate surface area is 84.4 Å². The van der Waals surface area contributed by atoms with Crippen LogP contribution in [-0.2, 0) is 0 Å². The number of thioether (sulfide) groups is 1. The van der Waals surface area contributed by atoms with Gasteiger partial charge in [-0.05, 0) is 18.4 Å². The number of nitrogens with zero attached hydrogens (tertiary/aromatic N) is 1. The third-order valence-electron chi connectivity index (χ3n) is 1.97. The SMILES string of the molecule is CSc1cc2nc[nH]c2cc1C(=O)O. The van der Waals surface area contributed by atoms with Crippen LogP contribution in [-0.4, -0.2) is 27.3 Å². The number of carboxylic acids is 1. The van der Waals surface area contributed by atoms with Crippen LogP contribution in [0.2, 0.25) is 0 Å². The van der Waals surface area contributed by atoms with Crippen LogP contribution in [0.25, 0.3) is 11.0 Å². The molecule has 2 N–H and O–H groups in total. The number of nitrogens with one attached hydrogen (secondary N) is 1. The van der Waals surface area contributed by atoms with E-state index in [1.165, 1.54) is 11.8 Å². The molecule has 0 unspecified atom stereocenters. The second-order valence-electron chi connectivity index (χ2n) is 2.78. The minimum Gasteiger partial charge on any atom is -0.478 e. The second kappa shape index (κ2) is 3.34. The number of H-pyrrole nitrogens is 1. The molecule has 0 amide bonds. The average Bonchev–Trinajstić information content (AvgIpc) is 2.62. The molecule has 0 aliphatic rings. The number of imidazole rings is 1. The highest BCUT2D eigenvalue weighted by Crippen LogP contribution is 2.24. The van der Waals surface area contributed by atoms with Crippen LogP contribution in [0.4, 0.5) is 0 Å². The van der Waals surface area contributed by atoms with Gasteiger partial charge in [0.1, 0.15) is 0 Å². The largest absolute Gasteiger partial charge is 0.478 e. The van der Waals surface area contributed by atoms with Crippen molar-refractivity contribution in [1.29, 1.82) is 0 Å². The molecule has 0 fully saturated rings. The average molecular weight is 208 g/mol. The predicted octanol–water partition coefficient (Wildman–Crippen LogP) is 1.98. The highest BCUT2D eigenvalue weighted by molar-refractivity contribution is 7.98. The normalized spacial score (nSPS) is 10.6. The van der Waals surface area contributed by atoms with Crippen molar-refractivity contribution in [2.75, 3.05) is 6.26 Å². The van der Waals surface area contributed by atoms with E-state index in [1.807, 2.05) is 6.26 Å². The molecule has 72 valence electrons. The molecule has 0 saturated carbocycles. The summed E-state index contributed by atoms with van der Waals surface area (Å²) in [5.74, 6) is -0.911. The van der Waals surface area contributed by atoms with E-state index in [2.05, 4.69) is 9.97 Å². The van der Waals surface area contributed by atoms with Gasteiger partial charge in [-0.25, -0.2) is 9.78 Å². The lowest BCUT2D eigenvalue weighted by Crippen LogP contribution is -1.98. The van der Waals surface area contributed by atoms with Crippen LogP contribution >= 0.6 is 11.8 Å². The van der Waals surface area contributed by atoms with Crippen molar-refractivity contribution in [2.45, 2.75) is 4.90 Å². The van der Waals surface area contributed by atoms with E-state index >= 15 is 0 Å². The molecule has 2 rings (SSSR count). The van der Waals surface area contributed by atoms with Gasteiger partial charge in [0, 0.05) is 4.90 Å². The molecule has 0 radical (unpaired) electrons. The number of hydrogen-bond donors (Lipinski definition) is 2. The predicted molar refractivity (Wildman–Crippen MR) is 54.8 cm³/mol. The first-order chi connectivity index (χ1) is 6.72. The van der Waals surface area contributed by atoms with Gasteiger partial charge in [0.2, 0.25) is 0 Å². The number of carbonyl (C=O) groups is 1. The smallest absolute Gasteiger partial charge is 0.336 e. The van der Waals surface area contributed by atoms with E-state index in [4.69, 9.17) is 5.11 Å². The molecule has 5 heteroatoms. The maximum absolute atomic E-state index is 10.9. The van der Waals surface area contributed by atoms with Gasteiger partial charge in [-0.15, -0.1) is 11.8 Å². The van der Waals surface area contributed by atoms with E-state index < -0.39 is 5.97 Å². The van der Waals surface area contributed by atoms with Gasteiger partial charge in [0.15, 0.2) is 0 Å². The summed E-state index contributed by atoms with van der Waals surface area (Å²) >= 11 is 1.41. The van der Waals surface area contributed by atoms with Crippen molar-refractivity contribution in [2.24, 2.45) is 0 Å². The highest BCUT2D eigenvalue weighted by Gasteiger charge is 2.11. The van der Waals surface area contributed by atoms with E-state index in [9.17, 15) is 4.79 Å². The third kappa shape index (κ3) is 1.35. The number of fused-ring (bicyclic) bond motifs is 1. The standard InChI is InChI=1S/C9H8N2O2S/c1-14-8-3-7-6(10-4-11-7)2-5(8)9(12)13/h2-4H,1H3,(H,10,11)(H,12,13). The quantitative estimate of drug-likeness (QED) is 0.740. The first-order valence-corrected chi connectivity index (χ1v) is 5.19. The number of benzene rings is 1. The van der Waals surface area contributed by atoms with Gasteiger partial charge in [-0.1, -0.05) is 0 Å². The number of hydrogen-bond acceptors (Lipinski definition) is 3. The first kappa shape index (κ1) is 9.08. The lowest BCUT2D eigenvalue weighted by molar-refractivity contribution is 0.0693. The zero-order chi connectivity index (χ0) is 10.1. The third-order valence-corrected chi connectivity index (χ3v) is 2.75. The molecule has 1 aromatic carbocycles. The van der Waals surface area contributed by atoms with Crippen LogP contribution in [0.3, 0.4) is 0 Å². The molecule has 0 bridgehead atoms. The Morgan fingerprint density at radius 1 is 1.57 bits per heavy atom. The Hall–Kier alpha value is -1.49. The van der Waals surface area contributed by atoms with Crippen LogP contribution in [0.5, 0.6) is 0 Å². The van der Waals surface area contributed by atoms with Crippen molar-refractivity contribution in [3.05, 3.63) is 24.0 Å². The summed E-state index contributed by atoms with van der Waals surface area (Å²) in [5, 5.41) is 8.95. The van der Waals surface area contributed by atoms with Gasteiger partial charge < -0.3 is 10.1 Å². The molecule has 0 atom stereocenters. The number of rotatable bonds is 2. The van der Waals surface area contributed by atoms with Gasteiger partial charge in [0.05, 0.1) is 22.9 Å². The summed E-state index contributed by atoms with van der Waals surface area (Å²) in [7, 11) is 0. The fourth-order valence-electron chi connectivity index (χ4n) is 1.30. The second-order valence-corrected chi connectivity index (χ2v) is 3.63. The maximum atomic E-state index is 10.9. The summed E-state index contributed by atoms with van der Waals surface area (Å²) in [4.78, 5) is 18.6. The zero-order valence-electron chi connectivity index (χ0n) is 7.44. The maximum Gasteiger partial charge on any atom is 0.336 e. The minimum absolute atomic E-state index is 0.314.